The molecule has 1 aromatic heterocycles. The highest BCUT2D eigenvalue weighted by molar-refractivity contribution is 5.28. The number of hydrogen-bond acceptors (Lipinski definition) is 4. The number of benzene rings is 1. The number of alkyl halides is 3. The van der Waals surface area contributed by atoms with Crippen molar-refractivity contribution in [2.24, 2.45) is 7.05 Å². The van der Waals surface area contributed by atoms with E-state index in [2.05, 4.69) is 10.2 Å². The van der Waals surface area contributed by atoms with Crippen LogP contribution in [0.1, 0.15) is 17.2 Å². The Morgan fingerprint density at radius 1 is 1.22 bits per heavy atom. The average Bonchev–Trinajstić information content (AvgIpc) is 2.77. The van der Waals surface area contributed by atoms with Crippen LogP contribution >= 0.6 is 0 Å². The molecule has 0 aliphatic heterocycles. The summed E-state index contributed by atoms with van der Waals surface area (Å²) in [6.45, 7) is 1.74. The first-order chi connectivity index (χ1) is 10.7. The van der Waals surface area contributed by atoms with E-state index in [0.29, 0.717) is 13.1 Å². The molecule has 0 N–H and O–H groups in total. The molecule has 0 atom stereocenters. The standard InChI is InChI=1S/C15H19F3N4O/c1-11-19-20-14(22(11)3)9-21(2)8-12-5-4-6-13(7-12)23-10-15(16,17)18/h4-7H,8-10H2,1-3H3. The fourth-order valence-electron chi connectivity index (χ4n) is 2.10. The summed E-state index contributed by atoms with van der Waals surface area (Å²) in [5, 5.41) is 8.09. The fourth-order valence-corrected chi connectivity index (χ4v) is 2.10. The Kier molecular flexibility index (Phi) is 5.25. The second-order valence-corrected chi connectivity index (χ2v) is 5.45. The van der Waals surface area contributed by atoms with Crippen LogP contribution < -0.4 is 4.74 Å². The van der Waals surface area contributed by atoms with Crippen LogP contribution in [0.4, 0.5) is 13.2 Å². The van der Waals surface area contributed by atoms with Gasteiger partial charge in [0.25, 0.3) is 0 Å². The van der Waals surface area contributed by atoms with Crippen molar-refractivity contribution in [3.63, 3.8) is 0 Å². The van der Waals surface area contributed by atoms with Crippen molar-refractivity contribution in [2.75, 3.05) is 13.7 Å². The molecule has 23 heavy (non-hydrogen) atoms. The third-order valence-electron chi connectivity index (χ3n) is 3.35. The number of aromatic nitrogens is 3. The lowest BCUT2D eigenvalue weighted by molar-refractivity contribution is -0.153. The first kappa shape index (κ1) is 17.3. The van der Waals surface area contributed by atoms with Crippen molar-refractivity contribution in [1.29, 1.82) is 0 Å². The first-order valence-electron chi connectivity index (χ1n) is 7.06. The van der Waals surface area contributed by atoms with Crippen molar-refractivity contribution >= 4 is 0 Å². The summed E-state index contributed by atoms with van der Waals surface area (Å²) >= 11 is 0. The number of rotatable bonds is 6. The van der Waals surface area contributed by atoms with Gasteiger partial charge in [-0.1, -0.05) is 12.1 Å². The summed E-state index contributed by atoms with van der Waals surface area (Å²) in [5.74, 6) is 1.87. The smallest absolute Gasteiger partial charge is 0.422 e. The Balaban J connectivity index is 1.95. The normalized spacial score (nSPS) is 12.0. The maximum atomic E-state index is 12.2. The summed E-state index contributed by atoms with van der Waals surface area (Å²) in [6, 6.07) is 6.66. The minimum Gasteiger partial charge on any atom is -0.484 e. The molecule has 0 unspecified atom stereocenters. The molecule has 5 nitrogen and oxygen atoms in total. The van der Waals surface area contributed by atoms with Crippen molar-refractivity contribution in [1.82, 2.24) is 19.7 Å². The third kappa shape index (κ3) is 5.24. The maximum Gasteiger partial charge on any atom is 0.422 e. The monoisotopic (exact) mass is 328 g/mol. The summed E-state index contributed by atoms with van der Waals surface area (Å²) in [7, 11) is 3.80. The minimum absolute atomic E-state index is 0.211. The number of nitrogens with zero attached hydrogens (tertiary/aromatic N) is 4. The van der Waals surface area contributed by atoms with Gasteiger partial charge in [-0.2, -0.15) is 13.2 Å². The van der Waals surface area contributed by atoms with Crippen molar-refractivity contribution in [3.8, 4) is 5.75 Å². The number of hydrogen-bond donors (Lipinski definition) is 0. The second-order valence-electron chi connectivity index (χ2n) is 5.45. The molecule has 126 valence electrons. The molecule has 1 aromatic carbocycles. The molecular formula is C15H19F3N4O. The van der Waals surface area contributed by atoms with E-state index in [1.165, 1.54) is 6.07 Å². The predicted molar refractivity (Wildman–Crippen MR) is 78.9 cm³/mol. The molecule has 0 amide bonds. The van der Waals surface area contributed by atoms with Gasteiger partial charge in [-0.15, -0.1) is 10.2 Å². The molecule has 1 heterocycles. The van der Waals surface area contributed by atoms with Crippen LogP contribution in [0.3, 0.4) is 0 Å². The zero-order valence-corrected chi connectivity index (χ0v) is 13.3. The summed E-state index contributed by atoms with van der Waals surface area (Å²) in [6.07, 6.45) is -4.34. The summed E-state index contributed by atoms with van der Waals surface area (Å²) in [5.41, 5.74) is 0.867. The molecule has 8 heteroatoms. The van der Waals surface area contributed by atoms with Gasteiger partial charge in [0.15, 0.2) is 6.61 Å². The lowest BCUT2D eigenvalue weighted by Crippen LogP contribution is -2.20. The Bertz CT molecular complexity index is 654. The molecule has 0 bridgehead atoms. The third-order valence-corrected chi connectivity index (χ3v) is 3.35. The van der Waals surface area contributed by atoms with E-state index < -0.39 is 12.8 Å². The van der Waals surface area contributed by atoms with Crippen LogP contribution in [-0.4, -0.2) is 39.5 Å². The van der Waals surface area contributed by atoms with Crippen molar-refractivity contribution in [3.05, 3.63) is 41.5 Å². The number of aryl methyl sites for hydroxylation is 1. The van der Waals surface area contributed by atoms with Crippen molar-refractivity contribution in [2.45, 2.75) is 26.2 Å². The van der Waals surface area contributed by atoms with Crippen LogP contribution in [0.5, 0.6) is 5.75 Å². The van der Waals surface area contributed by atoms with Gasteiger partial charge in [0.2, 0.25) is 0 Å². The number of ether oxygens (including phenoxy) is 1. The zero-order chi connectivity index (χ0) is 17.0. The largest absolute Gasteiger partial charge is 0.484 e. The second kappa shape index (κ2) is 6.99. The average molecular weight is 328 g/mol. The van der Waals surface area contributed by atoms with Gasteiger partial charge in [0, 0.05) is 13.6 Å². The molecule has 0 radical (unpaired) electrons. The van der Waals surface area contributed by atoms with Gasteiger partial charge in [-0.25, -0.2) is 0 Å². The molecule has 0 fully saturated rings. The molecule has 0 aliphatic carbocycles. The summed E-state index contributed by atoms with van der Waals surface area (Å²) in [4.78, 5) is 2.01. The lowest BCUT2D eigenvalue weighted by Gasteiger charge is -2.17. The van der Waals surface area contributed by atoms with E-state index in [1.807, 2.05) is 36.6 Å². The van der Waals surface area contributed by atoms with E-state index >= 15 is 0 Å². The Labute approximate surface area is 132 Å². The van der Waals surface area contributed by atoms with Gasteiger partial charge >= 0.3 is 6.18 Å². The van der Waals surface area contributed by atoms with Crippen LogP contribution in [-0.2, 0) is 20.1 Å². The van der Waals surface area contributed by atoms with E-state index in [9.17, 15) is 13.2 Å². The Morgan fingerprint density at radius 2 is 1.96 bits per heavy atom. The summed E-state index contributed by atoms with van der Waals surface area (Å²) < 4.78 is 43.2. The highest BCUT2D eigenvalue weighted by Gasteiger charge is 2.28. The van der Waals surface area contributed by atoms with E-state index in [4.69, 9.17) is 4.74 Å². The lowest BCUT2D eigenvalue weighted by atomic mass is 10.2. The van der Waals surface area contributed by atoms with Gasteiger partial charge in [0.1, 0.15) is 17.4 Å². The first-order valence-corrected chi connectivity index (χ1v) is 7.06. The molecule has 0 saturated heterocycles. The maximum absolute atomic E-state index is 12.2. The molecule has 2 aromatic rings. The zero-order valence-electron chi connectivity index (χ0n) is 13.3. The Morgan fingerprint density at radius 3 is 2.57 bits per heavy atom. The molecule has 0 aliphatic rings. The quantitative estimate of drug-likeness (QED) is 0.818. The van der Waals surface area contributed by atoms with Gasteiger partial charge in [-0.3, -0.25) is 4.90 Å². The minimum atomic E-state index is -4.34. The Hall–Kier alpha value is -2.09. The van der Waals surface area contributed by atoms with Crippen LogP contribution in [0.2, 0.25) is 0 Å². The van der Waals surface area contributed by atoms with E-state index in [1.54, 1.807) is 12.1 Å². The van der Waals surface area contributed by atoms with Crippen molar-refractivity contribution < 1.29 is 17.9 Å². The van der Waals surface area contributed by atoms with Gasteiger partial charge in [-0.05, 0) is 31.7 Å². The molecule has 0 spiro atoms. The SMILES string of the molecule is Cc1nnc(CN(C)Cc2cccc(OCC(F)(F)F)c2)n1C. The van der Waals surface area contributed by atoms with Crippen LogP contribution in [0.15, 0.2) is 24.3 Å². The predicted octanol–water partition coefficient (Wildman–Crippen LogP) is 2.70. The van der Waals surface area contributed by atoms with E-state index in [-0.39, 0.29) is 5.75 Å². The van der Waals surface area contributed by atoms with E-state index in [0.717, 1.165) is 17.2 Å². The van der Waals surface area contributed by atoms with Gasteiger partial charge < -0.3 is 9.30 Å². The van der Waals surface area contributed by atoms with Crippen LogP contribution in [0.25, 0.3) is 0 Å². The fraction of sp³-hybridized carbons (Fsp3) is 0.467. The van der Waals surface area contributed by atoms with Crippen LogP contribution in [0, 0.1) is 6.92 Å². The highest BCUT2D eigenvalue weighted by Crippen LogP contribution is 2.20. The molecular weight excluding hydrogens is 309 g/mol. The highest BCUT2D eigenvalue weighted by atomic mass is 19.4. The topological polar surface area (TPSA) is 43.2 Å². The molecule has 2 rings (SSSR count). The number of halogens is 3. The molecule has 0 saturated carbocycles. The van der Waals surface area contributed by atoms with Gasteiger partial charge in [0.05, 0.1) is 6.54 Å².